The number of carbonyl (C=O) groups excluding carboxylic acids is 1. The second-order valence-electron chi connectivity index (χ2n) is 2.59. The van der Waals surface area contributed by atoms with Crippen molar-refractivity contribution in [3.63, 3.8) is 0 Å². The maximum Gasteiger partial charge on any atom is 0.174 e. The maximum atomic E-state index is 12.9. The number of carbonyl (C=O) groups is 1. The van der Waals surface area contributed by atoms with E-state index in [4.69, 9.17) is 11.6 Å². The zero-order valence-electron chi connectivity index (χ0n) is 6.90. The summed E-state index contributed by atoms with van der Waals surface area (Å²) in [4.78, 5) is 11.2. The van der Waals surface area contributed by atoms with Crippen molar-refractivity contribution >= 4 is 33.3 Å². The Kier molecular flexibility index (Phi) is 3.45. The molecule has 1 aromatic rings. The van der Waals surface area contributed by atoms with Gasteiger partial charge in [0.1, 0.15) is 5.82 Å². The highest BCUT2D eigenvalue weighted by Crippen LogP contribution is 2.23. The summed E-state index contributed by atoms with van der Waals surface area (Å²) in [5, 5.41) is 0.391. The molecule has 0 saturated carbocycles. The molecular weight excluding hydrogens is 258 g/mol. The third kappa shape index (κ3) is 2.09. The molecule has 1 nitrogen and oxygen atoms in total. The van der Waals surface area contributed by atoms with Crippen LogP contribution in [0.25, 0.3) is 0 Å². The lowest BCUT2D eigenvalue weighted by Crippen LogP contribution is -2.02. The highest BCUT2D eigenvalue weighted by atomic mass is 79.9. The van der Waals surface area contributed by atoms with Crippen molar-refractivity contribution in [3.05, 3.63) is 34.1 Å². The summed E-state index contributed by atoms with van der Waals surface area (Å²) in [5.74, 6) is -0.538. The Hall–Kier alpha value is -0.410. The lowest BCUT2D eigenvalue weighted by Gasteiger charge is -2.04. The van der Waals surface area contributed by atoms with Crippen LogP contribution in [0.4, 0.5) is 4.39 Å². The predicted octanol–water partition coefficient (Wildman–Crippen LogP) is 3.37. The molecule has 0 bridgehead atoms. The molecular formula is C9H7BrClFO. The van der Waals surface area contributed by atoms with Gasteiger partial charge in [0.05, 0.1) is 10.4 Å². The fourth-order valence-electron chi connectivity index (χ4n) is 0.949. The van der Waals surface area contributed by atoms with Crippen molar-refractivity contribution in [2.75, 3.05) is 5.33 Å². The van der Waals surface area contributed by atoms with Crippen molar-refractivity contribution < 1.29 is 9.18 Å². The molecule has 0 spiro atoms. The van der Waals surface area contributed by atoms with E-state index in [1.54, 1.807) is 6.92 Å². The average molecular weight is 266 g/mol. The van der Waals surface area contributed by atoms with Crippen molar-refractivity contribution in [1.29, 1.82) is 0 Å². The van der Waals surface area contributed by atoms with Crippen molar-refractivity contribution in [3.8, 4) is 0 Å². The van der Waals surface area contributed by atoms with Gasteiger partial charge in [0, 0.05) is 11.1 Å². The van der Waals surface area contributed by atoms with E-state index in [-0.39, 0.29) is 16.1 Å². The molecule has 70 valence electrons. The summed E-state index contributed by atoms with van der Waals surface area (Å²) in [5.41, 5.74) is 0.672. The zero-order chi connectivity index (χ0) is 10.0. The van der Waals surface area contributed by atoms with Crippen molar-refractivity contribution in [2.24, 2.45) is 0 Å². The van der Waals surface area contributed by atoms with E-state index < -0.39 is 5.82 Å². The molecule has 0 fully saturated rings. The van der Waals surface area contributed by atoms with Gasteiger partial charge in [-0.3, -0.25) is 4.79 Å². The summed E-state index contributed by atoms with van der Waals surface area (Å²) < 4.78 is 12.9. The topological polar surface area (TPSA) is 17.1 Å². The molecule has 1 rings (SSSR count). The first-order valence-corrected chi connectivity index (χ1v) is 5.11. The molecule has 0 N–H and O–H groups in total. The quantitative estimate of drug-likeness (QED) is 0.592. The molecule has 0 unspecified atom stereocenters. The largest absolute Gasteiger partial charge is 0.293 e. The van der Waals surface area contributed by atoms with Gasteiger partial charge in [-0.25, -0.2) is 4.39 Å². The van der Waals surface area contributed by atoms with Crippen LogP contribution in [0.3, 0.4) is 0 Å². The Labute approximate surface area is 89.0 Å². The lowest BCUT2D eigenvalue weighted by molar-refractivity contribution is 0.102. The first-order chi connectivity index (χ1) is 6.07. The number of alkyl halides is 1. The minimum atomic E-state index is -0.392. The average Bonchev–Trinajstić information content (AvgIpc) is 2.13. The van der Waals surface area contributed by atoms with Crippen LogP contribution < -0.4 is 0 Å². The Balaban J connectivity index is 3.26. The minimum absolute atomic E-state index is 0.145. The van der Waals surface area contributed by atoms with Gasteiger partial charge in [-0.15, -0.1) is 0 Å². The van der Waals surface area contributed by atoms with Crippen molar-refractivity contribution in [1.82, 2.24) is 0 Å². The number of Topliss-reactive ketones (excluding diaryl/α,β-unsaturated/α-hetero) is 1. The van der Waals surface area contributed by atoms with E-state index in [9.17, 15) is 9.18 Å². The van der Waals surface area contributed by atoms with Crippen LogP contribution in [0, 0.1) is 12.7 Å². The van der Waals surface area contributed by atoms with Crippen molar-refractivity contribution in [2.45, 2.75) is 6.92 Å². The minimum Gasteiger partial charge on any atom is -0.293 e. The second kappa shape index (κ2) is 4.20. The predicted molar refractivity (Wildman–Crippen MR) is 54.3 cm³/mol. The number of hydrogen-bond donors (Lipinski definition) is 0. The van der Waals surface area contributed by atoms with Crippen LogP contribution >= 0.6 is 27.5 Å². The molecule has 4 heteroatoms. The standard InChI is InChI=1S/C9H7BrClFO/c1-5-7(12)3-2-6(9(5)11)8(13)4-10/h2-3H,4H2,1H3. The van der Waals surface area contributed by atoms with E-state index in [0.717, 1.165) is 0 Å². The highest BCUT2D eigenvalue weighted by molar-refractivity contribution is 9.09. The molecule has 0 atom stereocenters. The molecule has 0 heterocycles. The summed E-state index contributed by atoms with van der Waals surface area (Å²) >= 11 is 8.82. The van der Waals surface area contributed by atoms with Crippen LogP contribution in [0.15, 0.2) is 12.1 Å². The van der Waals surface area contributed by atoms with Gasteiger partial charge < -0.3 is 0 Å². The summed E-state index contributed by atoms with van der Waals surface area (Å²) in [6.07, 6.45) is 0. The van der Waals surface area contributed by atoms with Crippen LogP contribution in [0.5, 0.6) is 0 Å². The smallest absolute Gasteiger partial charge is 0.174 e. The number of hydrogen-bond acceptors (Lipinski definition) is 1. The van der Waals surface area contributed by atoms with E-state index in [1.165, 1.54) is 12.1 Å². The van der Waals surface area contributed by atoms with E-state index in [0.29, 0.717) is 11.1 Å². The van der Waals surface area contributed by atoms with Gasteiger partial charge in [-0.05, 0) is 19.1 Å². The first-order valence-electron chi connectivity index (χ1n) is 3.61. The monoisotopic (exact) mass is 264 g/mol. The van der Waals surface area contributed by atoms with E-state index in [1.807, 2.05) is 0 Å². The summed E-state index contributed by atoms with van der Waals surface area (Å²) in [6.45, 7) is 1.54. The number of ketones is 1. The molecule has 0 amide bonds. The Bertz CT molecular complexity index is 352. The van der Waals surface area contributed by atoms with Crippen LogP contribution in [0.2, 0.25) is 5.02 Å². The molecule has 0 aliphatic rings. The molecule has 0 aromatic heterocycles. The SMILES string of the molecule is Cc1c(F)ccc(C(=O)CBr)c1Cl. The lowest BCUT2D eigenvalue weighted by atomic mass is 10.1. The zero-order valence-corrected chi connectivity index (χ0v) is 9.25. The van der Waals surface area contributed by atoms with Gasteiger partial charge in [-0.2, -0.15) is 0 Å². The molecule has 0 radical (unpaired) electrons. The number of halogens is 3. The molecule has 13 heavy (non-hydrogen) atoms. The number of benzene rings is 1. The van der Waals surface area contributed by atoms with E-state index >= 15 is 0 Å². The van der Waals surface area contributed by atoms with Crippen LogP contribution in [-0.2, 0) is 0 Å². The Morgan fingerprint density at radius 1 is 1.62 bits per heavy atom. The third-order valence-electron chi connectivity index (χ3n) is 1.74. The van der Waals surface area contributed by atoms with Gasteiger partial charge >= 0.3 is 0 Å². The van der Waals surface area contributed by atoms with Gasteiger partial charge in [0.25, 0.3) is 0 Å². The highest BCUT2D eigenvalue weighted by Gasteiger charge is 2.12. The first kappa shape index (κ1) is 10.7. The third-order valence-corrected chi connectivity index (χ3v) is 2.74. The second-order valence-corrected chi connectivity index (χ2v) is 3.53. The fourth-order valence-corrected chi connectivity index (χ4v) is 1.51. The Morgan fingerprint density at radius 2 is 2.23 bits per heavy atom. The van der Waals surface area contributed by atoms with Crippen LogP contribution in [-0.4, -0.2) is 11.1 Å². The molecule has 0 saturated heterocycles. The van der Waals surface area contributed by atoms with Gasteiger partial charge in [0.2, 0.25) is 0 Å². The van der Waals surface area contributed by atoms with Gasteiger partial charge in [-0.1, -0.05) is 27.5 Å². The molecule has 0 aliphatic heterocycles. The summed E-state index contributed by atoms with van der Waals surface area (Å²) in [7, 11) is 0. The molecule has 0 aliphatic carbocycles. The normalized spacial score (nSPS) is 10.2. The van der Waals surface area contributed by atoms with Crippen LogP contribution in [0.1, 0.15) is 15.9 Å². The maximum absolute atomic E-state index is 12.9. The molecule has 1 aromatic carbocycles. The van der Waals surface area contributed by atoms with Gasteiger partial charge in [0.15, 0.2) is 5.78 Å². The van der Waals surface area contributed by atoms with E-state index in [2.05, 4.69) is 15.9 Å². The summed E-state index contributed by atoms with van der Waals surface area (Å²) in [6, 6.07) is 2.64. The fraction of sp³-hybridized carbons (Fsp3) is 0.222. The Morgan fingerprint density at radius 3 is 2.77 bits per heavy atom. The number of rotatable bonds is 2.